The molecule has 0 amide bonds. The van der Waals surface area contributed by atoms with Crippen LogP contribution in [0.25, 0.3) is 204 Å². The molecule has 0 atom stereocenters. The molecule has 0 bridgehead atoms. The Balaban J connectivity index is 0.000000125. The third kappa shape index (κ3) is 8.08. The van der Waals surface area contributed by atoms with Crippen LogP contribution in [0.1, 0.15) is 0 Å². The summed E-state index contributed by atoms with van der Waals surface area (Å²) in [6.45, 7) is 0. The highest BCUT2D eigenvalue weighted by Crippen LogP contribution is 2.55. The summed E-state index contributed by atoms with van der Waals surface area (Å²) < 4.78 is 25.4. The molecule has 0 spiro atoms. The Morgan fingerprint density at radius 2 is 0.703 bits per heavy atom. The van der Waals surface area contributed by atoms with Crippen LogP contribution in [0.15, 0.2) is 307 Å². The Bertz CT molecular complexity index is 7570. The number of rotatable bonds is 4. The standard InChI is InChI=1S/C44H23N3OS3.C44H23N3OS2/c1-2-13-25-24(12-1)36-26-14-3-6-18-30(26)47(40(36)43-37(25)28-16-5-8-20-32(28)50-43)44-45-38-27-15-4-7-19-31(27)48-41(38)39(46-44)29-17-11-23-35-42(29)51-34-22-10-9-21-33(34)49-35;1-2-13-27-26(12-1)37-28-14-3-7-17-32(28)47(41(37)43-38(27)30-16-6-10-20-35(30)50-43)44-45-39(42-40(46-44)29-15-4-8-18-33(29)48-42)24-21-22-36-31(23-24)25-11-5-9-19-34(25)49-36/h1-23H;1-23H. The molecule has 0 radical (unpaired) electrons. The van der Waals surface area contributed by atoms with Crippen LogP contribution in [-0.2, 0) is 0 Å². The van der Waals surface area contributed by atoms with E-state index in [0.29, 0.717) is 23.1 Å². The number of hydrogen-bond donors (Lipinski definition) is 0. The summed E-state index contributed by atoms with van der Waals surface area (Å²) >= 11 is 9.14. The Kier molecular flexibility index (Phi) is 11.9. The zero-order chi connectivity index (χ0) is 65.7. The number of thiophene rings is 3. The van der Waals surface area contributed by atoms with Gasteiger partial charge in [-0.1, -0.05) is 218 Å². The highest BCUT2D eigenvalue weighted by Gasteiger charge is 2.30. The van der Waals surface area contributed by atoms with E-state index in [9.17, 15) is 0 Å². The van der Waals surface area contributed by atoms with Gasteiger partial charge in [-0.2, -0.15) is 0 Å². The van der Waals surface area contributed by atoms with E-state index in [4.69, 9.17) is 28.8 Å². The summed E-state index contributed by atoms with van der Waals surface area (Å²) in [5.74, 6) is 1.27. The lowest BCUT2D eigenvalue weighted by Gasteiger charge is -2.21. The smallest absolute Gasteiger partial charge is 0.236 e. The molecule has 0 aliphatic carbocycles. The third-order valence-corrected chi connectivity index (χ3v) is 26.4. The Labute approximate surface area is 593 Å². The minimum Gasteiger partial charge on any atom is -0.452 e. The Morgan fingerprint density at radius 1 is 0.287 bits per heavy atom. The topological polar surface area (TPSA) is 87.7 Å². The van der Waals surface area contributed by atoms with Gasteiger partial charge >= 0.3 is 0 Å². The molecule has 470 valence electrons. The number of benzene rings is 14. The van der Waals surface area contributed by atoms with Crippen LogP contribution in [-0.4, -0.2) is 29.1 Å². The maximum atomic E-state index is 6.67. The first kappa shape index (κ1) is 56.2. The van der Waals surface area contributed by atoms with Crippen molar-refractivity contribution in [2.75, 3.05) is 0 Å². The van der Waals surface area contributed by atoms with Gasteiger partial charge in [0.15, 0.2) is 11.2 Å². The molecule has 101 heavy (non-hydrogen) atoms. The van der Waals surface area contributed by atoms with Gasteiger partial charge in [0, 0.05) is 114 Å². The zero-order valence-corrected chi connectivity index (χ0v) is 57.2. The molecule has 9 aromatic heterocycles. The summed E-state index contributed by atoms with van der Waals surface area (Å²) in [7, 11) is 0. The molecule has 1 aliphatic rings. The van der Waals surface area contributed by atoms with Gasteiger partial charge in [-0.3, -0.25) is 9.13 Å². The van der Waals surface area contributed by atoms with Gasteiger partial charge in [-0.15, -0.1) is 34.0 Å². The lowest BCUT2D eigenvalue weighted by molar-refractivity contribution is 0.666. The van der Waals surface area contributed by atoms with Crippen molar-refractivity contribution in [2.45, 2.75) is 19.6 Å². The van der Waals surface area contributed by atoms with Crippen LogP contribution in [0.3, 0.4) is 0 Å². The second-order valence-corrected chi connectivity index (χ2v) is 31.1. The molecule has 0 N–H and O–H groups in total. The molecule has 1 aliphatic heterocycles. The fraction of sp³-hybridized carbons (Fsp3) is 0. The summed E-state index contributed by atoms with van der Waals surface area (Å²) in [6.07, 6.45) is 0. The SMILES string of the molecule is c1ccc2c(c1)Sc1cccc(-c3nc(-n4c5ccccc5c5c6ccccc6c6c7ccccc7sc6c54)nc4c3oc3ccccc34)c1S2.c1ccc2c(c1)oc1c(-c3ccc4sc5ccccc5c4c3)nc(-n3c4ccccc4c4c5ccccc5c5c6ccccc6sc5c43)nc12. The van der Waals surface area contributed by atoms with Crippen molar-refractivity contribution in [1.82, 2.24) is 29.1 Å². The first-order chi connectivity index (χ1) is 50.1. The molecular weight excluding hydrogens is 1330 g/mol. The number of aromatic nitrogens is 6. The van der Waals surface area contributed by atoms with E-state index < -0.39 is 0 Å². The average Bonchev–Trinajstić information content (AvgIpc) is 1.55. The highest BCUT2D eigenvalue weighted by molar-refractivity contribution is 8.05. The molecule has 14 aromatic carbocycles. The molecule has 23 aromatic rings. The predicted molar refractivity (Wildman–Crippen MR) is 427 cm³/mol. The van der Waals surface area contributed by atoms with Gasteiger partial charge in [-0.05, 0) is 106 Å². The van der Waals surface area contributed by atoms with Crippen LogP contribution in [0, 0.1) is 0 Å². The summed E-state index contributed by atoms with van der Waals surface area (Å²) in [5, 5.41) is 19.4. The molecule has 0 fully saturated rings. The van der Waals surface area contributed by atoms with Gasteiger partial charge in [0.1, 0.15) is 33.6 Å². The fourth-order valence-electron chi connectivity index (χ4n) is 16.0. The largest absolute Gasteiger partial charge is 0.452 e. The molecular formula is C88H46N6O2S5. The maximum absolute atomic E-state index is 6.67. The third-order valence-electron chi connectivity index (χ3n) is 20.3. The average molecular weight is 1380 g/mol. The Morgan fingerprint density at radius 3 is 1.27 bits per heavy atom. The molecule has 8 nitrogen and oxygen atoms in total. The number of furan rings is 2. The monoisotopic (exact) mass is 1380 g/mol. The molecule has 0 saturated heterocycles. The van der Waals surface area contributed by atoms with E-state index in [1.807, 2.05) is 70.0 Å². The second kappa shape index (κ2) is 21.4. The first-order valence-electron chi connectivity index (χ1n) is 33.5. The van der Waals surface area contributed by atoms with Crippen LogP contribution >= 0.6 is 57.5 Å². The molecule has 13 heteroatoms. The van der Waals surface area contributed by atoms with E-state index in [-0.39, 0.29) is 0 Å². The minimum absolute atomic E-state index is 0.634. The second-order valence-electron chi connectivity index (χ2n) is 25.7. The van der Waals surface area contributed by atoms with Crippen LogP contribution in [0.2, 0.25) is 0 Å². The van der Waals surface area contributed by atoms with E-state index in [2.05, 4.69) is 264 Å². The van der Waals surface area contributed by atoms with E-state index in [1.165, 1.54) is 123 Å². The molecule has 0 saturated carbocycles. The minimum atomic E-state index is 0.634. The number of fused-ring (bicyclic) bond motifs is 31. The van der Waals surface area contributed by atoms with E-state index >= 15 is 0 Å². The summed E-state index contributed by atoms with van der Waals surface area (Å²) in [6, 6.07) is 99.4. The van der Waals surface area contributed by atoms with Crippen molar-refractivity contribution >= 4 is 227 Å². The van der Waals surface area contributed by atoms with Crippen LogP contribution in [0.5, 0.6) is 0 Å². The number of para-hydroxylation sites is 4. The lowest BCUT2D eigenvalue weighted by atomic mass is 9.99. The van der Waals surface area contributed by atoms with Gasteiger partial charge in [-0.25, -0.2) is 19.9 Å². The van der Waals surface area contributed by atoms with Crippen molar-refractivity contribution in [3.05, 3.63) is 279 Å². The molecule has 24 rings (SSSR count). The quantitative estimate of drug-likeness (QED) is 0.172. The van der Waals surface area contributed by atoms with Crippen molar-refractivity contribution < 1.29 is 8.83 Å². The van der Waals surface area contributed by atoms with Crippen LogP contribution in [0.4, 0.5) is 0 Å². The maximum Gasteiger partial charge on any atom is 0.236 e. The van der Waals surface area contributed by atoms with Gasteiger partial charge in [0.25, 0.3) is 0 Å². The van der Waals surface area contributed by atoms with Crippen molar-refractivity contribution in [3.63, 3.8) is 0 Å². The number of hydrogen-bond acceptors (Lipinski definition) is 11. The molecule has 0 unspecified atom stereocenters. The highest BCUT2D eigenvalue weighted by atomic mass is 32.2. The summed E-state index contributed by atoms with van der Waals surface area (Å²) in [5.41, 5.74) is 12.7. The van der Waals surface area contributed by atoms with Gasteiger partial charge in [0.05, 0.1) is 31.5 Å². The summed E-state index contributed by atoms with van der Waals surface area (Å²) in [4.78, 5) is 26.8. The van der Waals surface area contributed by atoms with Crippen molar-refractivity contribution in [2.24, 2.45) is 0 Å². The van der Waals surface area contributed by atoms with Gasteiger partial charge < -0.3 is 8.83 Å². The molecule has 10 heterocycles. The Hall–Kier alpha value is -11.7. The van der Waals surface area contributed by atoms with Crippen molar-refractivity contribution in [1.29, 1.82) is 0 Å². The normalized spacial score (nSPS) is 12.7. The lowest BCUT2D eigenvalue weighted by Crippen LogP contribution is -2.04. The zero-order valence-electron chi connectivity index (χ0n) is 53.1. The fourth-order valence-corrected chi connectivity index (χ4v) is 22.0. The van der Waals surface area contributed by atoms with Gasteiger partial charge in [0.2, 0.25) is 11.9 Å². The van der Waals surface area contributed by atoms with Crippen LogP contribution < -0.4 is 0 Å². The number of nitrogens with zero attached hydrogens (tertiary/aromatic N) is 6. The van der Waals surface area contributed by atoms with E-state index in [1.54, 1.807) is 11.8 Å². The van der Waals surface area contributed by atoms with E-state index in [0.717, 1.165) is 77.6 Å². The first-order valence-corrected chi connectivity index (χ1v) is 37.6. The van der Waals surface area contributed by atoms with Crippen molar-refractivity contribution in [3.8, 4) is 34.4 Å². The predicted octanol–water partition coefficient (Wildman–Crippen LogP) is 26.3.